The van der Waals surface area contributed by atoms with Gasteiger partial charge < -0.3 is 15.3 Å². The van der Waals surface area contributed by atoms with Crippen molar-refractivity contribution in [2.45, 2.75) is 119 Å². The van der Waals surface area contributed by atoms with Gasteiger partial charge in [0, 0.05) is 0 Å². The Morgan fingerprint density at radius 1 is 0.381 bits per heavy atom. The van der Waals surface area contributed by atoms with Crippen molar-refractivity contribution in [3.8, 4) is 17.2 Å². The van der Waals surface area contributed by atoms with Gasteiger partial charge in [0.2, 0.25) is 0 Å². The van der Waals surface area contributed by atoms with Crippen LogP contribution in [0.5, 0.6) is 17.2 Å². The van der Waals surface area contributed by atoms with E-state index in [2.05, 4.69) is 83.1 Å². The van der Waals surface area contributed by atoms with Gasteiger partial charge in [-0.3, -0.25) is 0 Å². The van der Waals surface area contributed by atoms with E-state index in [0.717, 1.165) is 33.4 Å². The first-order chi connectivity index (χ1) is 19.5. The van der Waals surface area contributed by atoms with Crippen LogP contribution in [0.2, 0.25) is 0 Å². The van der Waals surface area contributed by atoms with Gasteiger partial charge in [-0.25, -0.2) is 0 Å². The van der Waals surface area contributed by atoms with Crippen molar-refractivity contribution in [3.05, 3.63) is 88.0 Å². The Morgan fingerprint density at radius 2 is 0.500 bits per heavy atom. The number of aromatic hydroxyl groups is 3. The fourth-order valence-corrected chi connectivity index (χ4v) is 4.54. The first-order valence-corrected chi connectivity index (χ1v) is 20.6. The first kappa shape index (κ1) is 40.4. The van der Waals surface area contributed by atoms with Crippen LogP contribution in [0.3, 0.4) is 0 Å². The predicted octanol–water partition coefficient (Wildman–Crippen LogP) is 12.3. The van der Waals surface area contributed by atoms with Crippen LogP contribution in [-0.2, 0) is 17.6 Å². The summed E-state index contributed by atoms with van der Waals surface area (Å²) in [6.45, 7) is 25.2. The third kappa shape index (κ3) is 12.9. The van der Waals surface area contributed by atoms with Crippen LogP contribution in [-0.4, -0.2) is 15.3 Å². The number of benzene rings is 3. The van der Waals surface area contributed by atoms with E-state index in [1.165, 1.54) is 0 Å². The van der Waals surface area contributed by atoms with Gasteiger partial charge in [-0.2, -0.15) is 0 Å². The van der Waals surface area contributed by atoms with Crippen molar-refractivity contribution in [2.24, 2.45) is 0 Å². The van der Waals surface area contributed by atoms with E-state index in [1.807, 2.05) is 54.6 Å². The Kier molecular flexibility index (Phi) is 19.6. The third-order valence-electron chi connectivity index (χ3n) is 7.03. The van der Waals surface area contributed by atoms with E-state index >= 15 is 0 Å². The van der Waals surface area contributed by atoms with E-state index in [9.17, 15) is 15.3 Å². The molecule has 0 atom stereocenters. The molecule has 3 aromatic rings. The van der Waals surface area contributed by atoms with Crippen molar-refractivity contribution in [3.63, 3.8) is 0 Å². The molecule has 0 aliphatic carbocycles. The van der Waals surface area contributed by atoms with Gasteiger partial charge in [0.1, 0.15) is 17.2 Å². The quantitative estimate of drug-likeness (QED) is 0.225. The minimum absolute atomic E-state index is 0.388. The van der Waals surface area contributed by atoms with Crippen LogP contribution in [0.25, 0.3) is 0 Å². The molecule has 6 heteroatoms. The minimum atomic E-state index is -0.706. The number of phenols is 3. The monoisotopic (exact) mass is 697 g/mol. The zero-order valence-electron chi connectivity index (χ0n) is 27.7. The molecule has 3 N–H and O–H groups in total. The molecule has 0 aliphatic heterocycles. The molecule has 0 heterocycles. The second-order valence-corrected chi connectivity index (χ2v) is 15.7. The molecule has 0 saturated heterocycles. The average Bonchev–Trinajstić information content (AvgIpc) is 2.89. The number of phenolic OH excluding ortho intramolecular Hbond substituents is 3. The van der Waals surface area contributed by atoms with Gasteiger partial charge in [-0.05, 0) is 68.9 Å². The van der Waals surface area contributed by atoms with Gasteiger partial charge in [-0.15, -0.1) is 0 Å². The second-order valence-electron chi connectivity index (χ2n) is 12.3. The van der Waals surface area contributed by atoms with E-state index in [-0.39, 0.29) is 0 Å². The van der Waals surface area contributed by atoms with Gasteiger partial charge >= 0.3 is 36.0 Å². The number of para-hydroxylation sites is 3. The Hall–Kier alpha value is -1.62. The average molecular weight is 699 g/mol. The molecule has 0 radical (unpaired) electrons. The summed E-state index contributed by atoms with van der Waals surface area (Å²) in [7, 11) is 9.83. The Morgan fingerprint density at radius 3 is 0.595 bits per heavy atom. The molecule has 0 amide bonds. The Bertz CT molecular complexity index is 963. The topological polar surface area (TPSA) is 60.7 Å². The molecular formula is C36H54Cl2NbO3. The van der Waals surface area contributed by atoms with Gasteiger partial charge in [0.05, 0.1) is 0 Å². The van der Waals surface area contributed by atoms with Crippen LogP contribution in [0.4, 0.5) is 0 Å². The number of hydrogen-bond donors (Lipinski definition) is 3. The van der Waals surface area contributed by atoms with Crippen LogP contribution >= 0.6 is 18.4 Å². The third-order valence-corrected chi connectivity index (χ3v) is 7.03. The summed E-state index contributed by atoms with van der Waals surface area (Å²) in [5.74, 6) is 3.76. The van der Waals surface area contributed by atoms with E-state index < -0.39 is 17.6 Å². The second kappa shape index (κ2) is 20.4. The molecule has 0 saturated carbocycles. The standard InChI is InChI=1S/3C12H18O.2ClH.Nb/c3*1-8(2)10-6-5-7-11(9(3)4)12(10)13;;;/h3*5-9,13H,1-4H3;2*1H;/q;;;;;+2/p-2. The Labute approximate surface area is 273 Å². The number of hydrogen-bond acceptors (Lipinski definition) is 3. The molecule has 0 spiro atoms. The van der Waals surface area contributed by atoms with Crippen LogP contribution in [0.1, 0.15) is 152 Å². The molecule has 3 rings (SSSR count). The van der Waals surface area contributed by atoms with E-state index in [4.69, 9.17) is 18.4 Å². The zero-order valence-corrected chi connectivity index (χ0v) is 31.4. The molecule has 0 aliphatic rings. The summed E-state index contributed by atoms with van der Waals surface area (Å²) >= 11 is -0.706. The molecule has 42 heavy (non-hydrogen) atoms. The maximum absolute atomic E-state index is 9.93. The molecule has 3 aromatic carbocycles. The Balaban J connectivity index is 0.000000572. The summed E-state index contributed by atoms with van der Waals surface area (Å²) < 4.78 is 0. The van der Waals surface area contributed by atoms with Crippen molar-refractivity contribution in [1.82, 2.24) is 0 Å². The van der Waals surface area contributed by atoms with Crippen LogP contribution in [0.15, 0.2) is 54.6 Å². The van der Waals surface area contributed by atoms with E-state index in [1.54, 1.807) is 0 Å². The summed E-state index contributed by atoms with van der Waals surface area (Å²) in [5.41, 5.74) is 6.28. The van der Waals surface area contributed by atoms with Crippen molar-refractivity contribution < 1.29 is 32.9 Å². The van der Waals surface area contributed by atoms with Crippen LogP contribution in [0, 0.1) is 0 Å². The maximum atomic E-state index is 9.93. The van der Waals surface area contributed by atoms with Crippen molar-refractivity contribution in [1.29, 1.82) is 0 Å². The fourth-order valence-electron chi connectivity index (χ4n) is 4.54. The molecule has 0 unspecified atom stereocenters. The molecule has 3 nitrogen and oxygen atoms in total. The fraction of sp³-hybridized carbons (Fsp3) is 0.500. The summed E-state index contributed by atoms with van der Waals surface area (Å²) in [5, 5.41) is 29.8. The number of rotatable bonds is 6. The molecular weight excluding hydrogens is 644 g/mol. The summed E-state index contributed by atoms with van der Waals surface area (Å²) in [6, 6.07) is 18.0. The van der Waals surface area contributed by atoms with Crippen molar-refractivity contribution in [2.75, 3.05) is 0 Å². The SMILES string of the molecule is CC(C)c1cccc(C(C)C)c1O.CC(C)c1cccc(C(C)C)c1O.CC(C)c1cccc(C(C)C)c1O.[Cl][Nb][Cl]. The molecule has 0 aromatic heterocycles. The summed E-state index contributed by atoms with van der Waals surface area (Å²) in [4.78, 5) is 0. The van der Waals surface area contributed by atoms with Gasteiger partial charge in [0.15, 0.2) is 0 Å². The van der Waals surface area contributed by atoms with Gasteiger partial charge in [0.25, 0.3) is 0 Å². The van der Waals surface area contributed by atoms with Gasteiger partial charge in [-0.1, -0.05) is 138 Å². The first-order valence-electron chi connectivity index (χ1n) is 14.9. The van der Waals surface area contributed by atoms with Crippen LogP contribution < -0.4 is 0 Å². The van der Waals surface area contributed by atoms with E-state index in [0.29, 0.717) is 52.8 Å². The zero-order chi connectivity index (χ0) is 32.7. The predicted molar refractivity (Wildman–Crippen MR) is 181 cm³/mol. The van der Waals surface area contributed by atoms with Crippen molar-refractivity contribution >= 4 is 18.4 Å². The normalized spacial score (nSPS) is 10.8. The summed E-state index contributed by atoms with van der Waals surface area (Å²) in [6.07, 6.45) is 0. The molecule has 0 fully saturated rings. The molecule has 0 bridgehead atoms. The number of halogens is 2. The molecule has 235 valence electrons.